The third-order valence-electron chi connectivity index (χ3n) is 3.87. The smallest absolute Gasteiger partial charge is 0.287 e. The van der Waals surface area contributed by atoms with Crippen LogP contribution in [0.3, 0.4) is 0 Å². The first kappa shape index (κ1) is 18.4. The molecule has 3 N–H and O–H groups in total. The van der Waals surface area contributed by atoms with E-state index in [1.165, 1.54) is 0 Å². The van der Waals surface area contributed by atoms with Gasteiger partial charge in [0, 0.05) is 24.4 Å². The van der Waals surface area contributed by atoms with Crippen LogP contribution in [0.25, 0.3) is 11.3 Å². The van der Waals surface area contributed by atoms with Crippen molar-refractivity contribution in [3.8, 4) is 11.3 Å². The van der Waals surface area contributed by atoms with Crippen molar-refractivity contribution in [2.24, 2.45) is 5.73 Å². The van der Waals surface area contributed by atoms with Gasteiger partial charge in [-0.3, -0.25) is 19.4 Å². The third-order valence-corrected chi connectivity index (χ3v) is 4.70. The van der Waals surface area contributed by atoms with Crippen LogP contribution in [-0.2, 0) is 16.0 Å². The molecule has 0 aliphatic rings. The van der Waals surface area contributed by atoms with Crippen LogP contribution >= 0.6 is 11.3 Å². The predicted octanol–water partition coefficient (Wildman–Crippen LogP) is 1.60. The number of carbonyl (C=O) groups excluding carboxylic acids is 3. The number of hydrogen-bond acceptors (Lipinski definition) is 6. The standard InChI is InChI=1S/C19H16N4O3S/c20-18(25)16(24)14(10-12-4-2-1-3-5-12)23-19(26)17-15(22-11-27-17)13-6-8-21-9-7-13/h1-9,11,14H,10H2,(H2,20,25)(H,23,26). The Labute approximate surface area is 159 Å². The van der Waals surface area contributed by atoms with Gasteiger partial charge in [-0.2, -0.15) is 0 Å². The molecule has 3 rings (SSSR count). The maximum absolute atomic E-state index is 12.8. The summed E-state index contributed by atoms with van der Waals surface area (Å²) in [7, 11) is 0. The zero-order chi connectivity index (χ0) is 19.2. The number of Topliss-reactive ketones (excluding diaryl/α,β-unsaturated/α-hetero) is 1. The lowest BCUT2D eigenvalue weighted by Crippen LogP contribution is -2.47. The third kappa shape index (κ3) is 4.42. The van der Waals surface area contributed by atoms with Crippen molar-refractivity contribution < 1.29 is 14.4 Å². The Morgan fingerprint density at radius 3 is 2.44 bits per heavy atom. The largest absolute Gasteiger partial charge is 0.363 e. The number of hydrogen-bond donors (Lipinski definition) is 2. The second-order valence-electron chi connectivity index (χ2n) is 5.71. The van der Waals surface area contributed by atoms with Crippen molar-refractivity contribution in [3.05, 3.63) is 70.8 Å². The van der Waals surface area contributed by atoms with E-state index < -0.39 is 23.6 Å². The topological polar surface area (TPSA) is 115 Å². The van der Waals surface area contributed by atoms with Gasteiger partial charge in [0.15, 0.2) is 0 Å². The van der Waals surface area contributed by atoms with Crippen LogP contribution in [0.15, 0.2) is 60.4 Å². The zero-order valence-electron chi connectivity index (χ0n) is 14.2. The van der Waals surface area contributed by atoms with Crippen molar-refractivity contribution in [2.45, 2.75) is 12.5 Å². The highest BCUT2D eigenvalue weighted by Crippen LogP contribution is 2.25. The van der Waals surface area contributed by atoms with Gasteiger partial charge in [-0.15, -0.1) is 11.3 Å². The van der Waals surface area contributed by atoms with Crippen LogP contribution in [-0.4, -0.2) is 33.6 Å². The lowest BCUT2D eigenvalue weighted by Gasteiger charge is -2.16. The van der Waals surface area contributed by atoms with E-state index in [0.717, 1.165) is 22.5 Å². The fourth-order valence-corrected chi connectivity index (χ4v) is 3.29. The molecule has 2 amide bonds. The minimum Gasteiger partial charge on any atom is -0.363 e. The van der Waals surface area contributed by atoms with E-state index in [1.54, 1.807) is 30.0 Å². The SMILES string of the molecule is NC(=O)C(=O)C(Cc1ccccc1)NC(=O)c1scnc1-c1ccncc1. The van der Waals surface area contributed by atoms with Crippen LogP contribution in [0.1, 0.15) is 15.2 Å². The monoisotopic (exact) mass is 380 g/mol. The van der Waals surface area contributed by atoms with E-state index in [2.05, 4.69) is 15.3 Å². The molecule has 8 heteroatoms. The zero-order valence-corrected chi connectivity index (χ0v) is 15.0. The number of nitrogens with two attached hydrogens (primary N) is 1. The van der Waals surface area contributed by atoms with Gasteiger partial charge in [0.25, 0.3) is 11.8 Å². The number of carbonyl (C=O) groups is 3. The maximum Gasteiger partial charge on any atom is 0.287 e. The molecule has 0 aliphatic carbocycles. The van der Waals surface area contributed by atoms with E-state index in [1.807, 2.05) is 30.3 Å². The summed E-state index contributed by atoms with van der Waals surface area (Å²) < 4.78 is 0. The summed E-state index contributed by atoms with van der Waals surface area (Å²) in [4.78, 5) is 44.9. The fourth-order valence-electron chi connectivity index (χ4n) is 2.58. The van der Waals surface area contributed by atoms with Crippen LogP contribution in [0.2, 0.25) is 0 Å². The van der Waals surface area contributed by atoms with Gasteiger partial charge < -0.3 is 11.1 Å². The summed E-state index contributed by atoms with van der Waals surface area (Å²) >= 11 is 1.15. The first-order chi connectivity index (χ1) is 13.1. The van der Waals surface area contributed by atoms with Crippen LogP contribution in [0, 0.1) is 0 Å². The summed E-state index contributed by atoms with van der Waals surface area (Å²) in [5.41, 5.74) is 8.72. The molecule has 136 valence electrons. The van der Waals surface area contributed by atoms with Gasteiger partial charge in [0.05, 0.1) is 11.2 Å². The van der Waals surface area contributed by atoms with E-state index >= 15 is 0 Å². The highest BCUT2D eigenvalue weighted by molar-refractivity contribution is 7.12. The summed E-state index contributed by atoms with van der Waals surface area (Å²) in [5, 5.41) is 2.62. The summed E-state index contributed by atoms with van der Waals surface area (Å²) in [6.07, 6.45) is 3.37. The number of ketones is 1. The van der Waals surface area contributed by atoms with Crippen LogP contribution in [0.5, 0.6) is 0 Å². The lowest BCUT2D eigenvalue weighted by molar-refractivity contribution is -0.137. The molecule has 27 heavy (non-hydrogen) atoms. The number of rotatable bonds is 7. The second-order valence-corrected chi connectivity index (χ2v) is 6.57. The molecule has 0 bridgehead atoms. The normalized spacial score (nSPS) is 11.6. The first-order valence-electron chi connectivity index (χ1n) is 8.08. The van der Waals surface area contributed by atoms with Gasteiger partial charge in [-0.25, -0.2) is 4.98 Å². The van der Waals surface area contributed by atoms with E-state index in [0.29, 0.717) is 10.6 Å². The molecule has 0 aliphatic heterocycles. The van der Waals surface area contributed by atoms with E-state index in [-0.39, 0.29) is 6.42 Å². The van der Waals surface area contributed by atoms with Crippen LogP contribution < -0.4 is 11.1 Å². The minimum absolute atomic E-state index is 0.164. The molecule has 0 spiro atoms. The van der Waals surface area contributed by atoms with Gasteiger partial charge in [-0.1, -0.05) is 30.3 Å². The second kappa shape index (κ2) is 8.33. The molecule has 7 nitrogen and oxygen atoms in total. The van der Waals surface area contributed by atoms with Gasteiger partial charge in [-0.05, 0) is 17.7 Å². The predicted molar refractivity (Wildman–Crippen MR) is 101 cm³/mol. The molecular weight excluding hydrogens is 364 g/mol. The quantitative estimate of drug-likeness (QED) is 0.604. The molecule has 3 aromatic rings. The molecule has 0 fully saturated rings. The molecule has 2 aromatic heterocycles. The van der Waals surface area contributed by atoms with Crippen LogP contribution in [0.4, 0.5) is 0 Å². The van der Waals surface area contributed by atoms with Crippen molar-refractivity contribution in [2.75, 3.05) is 0 Å². The number of benzene rings is 1. The Morgan fingerprint density at radius 1 is 1.07 bits per heavy atom. The Bertz CT molecular complexity index is 957. The molecule has 1 atom stereocenters. The molecule has 0 saturated heterocycles. The summed E-state index contributed by atoms with van der Waals surface area (Å²) in [6.45, 7) is 0. The number of primary amides is 1. The Balaban J connectivity index is 1.84. The Kier molecular flexibility index (Phi) is 5.68. The van der Waals surface area contributed by atoms with Crippen molar-refractivity contribution in [1.29, 1.82) is 0 Å². The average Bonchev–Trinajstić information content (AvgIpc) is 3.18. The molecule has 2 heterocycles. The van der Waals surface area contributed by atoms with Crippen molar-refractivity contribution >= 4 is 28.9 Å². The lowest BCUT2D eigenvalue weighted by atomic mass is 10.0. The van der Waals surface area contributed by atoms with Gasteiger partial charge >= 0.3 is 0 Å². The molecule has 0 radical (unpaired) electrons. The van der Waals surface area contributed by atoms with E-state index in [4.69, 9.17) is 5.73 Å². The number of nitrogens with zero attached hydrogens (tertiary/aromatic N) is 2. The number of pyridine rings is 1. The Hall–Kier alpha value is -3.39. The molecule has 1 unspecified atom stereocenters. The molecular formula is C19H16N4O3S. The summed E-state index contributed by atoms with van der Waals surface area (Å²) in [6, 6.07) is 11.5. The number of aromatic nitrogens is 2. The van der Waals surface area contributed by atoms with Crippen molar-refractivity contribution in [1.82, 2.24) is 15.3 Å². The number of nitrogens with one attached hydrogen (secondary N) is 1. The van der Waals surface area contributed by atoms with Gasteiger partial charge in [0.2, 0.25) is 5.78 Å². The molecule has 0 saturated carbocycles. The highest BCUT2D eigenvalue weighted by Gasteiger charge is 2.27. The average molecular weight is 380 g/mol. The fraction of sp³-hybridized carbons (Fsp3) is 0.105. The molecule has 1 aromatic carbocycles. The summed E-state index contributed by atoms with van der Waals surface area (Å²) in [5.74, 6) is -2.42. The van der Waals surface area contributed by atoms with Gasteiger partial charge in [0.1, 0.15) is 10.9 Å². The van der Waals surface area contributed by atoms with Crippen molar-refractivity contribution in [3.63, 3.8) is 0 Å². The number of amides is 2. The Morgan fingerprint density at radius 2 is 1.78 bits per heavy atom. The minimum atomic E-state index is -1.09. The highest BCUT2D eigenvalue weighted by atomic mass is 32.1. The van der Waals surface area contributed by atoms with E-state index in [9.17, 15) is 14.4 Å². The maximum atomic E-state index is 12.8. The number of thiazole rings is 1. The first-order valence-corrected chi connectivity index (χ1v) is 8.96.